The summed E-state index contributed by atoms with van der Waals surface area (Å²) >= 11 is 0. The van der Waals surface area contributed by atoms with Crippen LogP contribution in [0.25, 0.3) is 0 Å². The number of nitrogens with zero attached hydrogens (tertiary/aromatic N) is 1. The number of benzene rings is 1. The molecule has 1 saturated heterocycles. The third-order valence-corrected chi connectivity index (χ3v) is 5.37. The molecule has 136 valence electrons. The zero-order chi connectivity index (χ0) is 17.9. The summed E-state index contributed by atoms with van der Waals surface area (Å²) in [4.78, 5) is 1.59. The first-order chi connectivity index (χ1) is 12.0. The van der Waals surface area contributed by atoms with Crippen molar-refractivity contribution in [3.63, 3.8) is 0 Å². The SMILES string of the molecule is O=S(=O)(NCC(c1ccco1)N1CCOCC1)c1cc(F)cc(F)c1. The quantitative estimate of drug-likeness (QED) is 0.839. The number of nitrogens with one attached hydrogen (secondary N) is 1. The van der Waals surface area contributed by atoms with Crippen LogP contribution in [0.15, 0.2) is 45.9 Å². The Morgan fingerprint density at radius 1 is 1.16 bits per heavy atom. The lowest BCUT2D eigenvalue weighted by Gasteiger charge is -2.33. The number of hydrogen-bond donors (Lipinski definition) is 1. The molecule has 1 N–H and O–H groups in total. The third kappa shape index (κ3) is 4.43. The van der Waals surface area contributed by atoms with Gasteiger partial charge >= 0.3 is 0 Å². The molecule has 0 radical (unpaired) electrons. The van der Waals surface area contributed by atoms with E-state index < -0.39 is 26.6 Å². The maximum atomic E-state index is 13.3. The fraction of sp³-hybridized carbons (Fsp3) is 0.375. The maximum absolute atomic E-state index is 13.3. The average molecular weight is 372 g/mol. The molecule has 1 aromatic heterocycles. The van der Waals surface area contributed by atoms with Crippen molar-refractivity contribution in [2.24, 2.45) is 0 Å². The van der Waals surface area contributed by atoms with E-state index in [0.717, 1.165) is 12.1 Å². The van der Waals surface area contributed by atoms with Crippen LogP contribution < -0.4 is 4.72 Å². The zero-order valence-corrected chi connectivity index (χ0v) is 14.1. The molecular formula is C16H18F2N2O4S. The van der Waals surface area contributed by atoms with Gasteiger partial charge in [-0.1, -0.05) is 0 Å². The van der Waals surface area contributed by atoms with Crippen molar-refractivity contribution in [3.05, 3.63) is 54.0 Å². The normalized spacial score (nSPS) is 17.5. The molecule has 6 nitrogen and oxygen atoms in total. The minimum atomic E-state index is -4.06. The molecule has 2 heterocycles. The van der Waals surface area contributed by atoms with Crippen LogP contribution in [0, 0.1) is 11.6 Å². The number of morpholine rings is 1. The first-order valence-electron chi connectivity index (χ1n) is 7.77. The van der Waals surface area contributed by atoms with Crippen molar-refractivity contribution in [1.29, 1.82) is 0 Å². The molecule has 1 aliphatic rings. The summed E-state index contributed by atoms with van der Waals surface area (Å²) in [5.74, 6) is -1.29. The Hall–Kier alpha value is -1.81. The lowest BCUT2D eigenvalue weighted by molar-refractivity contribution is 0.0128. The highest BCUT2D eigenvalue weighted by atomic mass is 32.2. The van der Waals surface area contributed by atoms with E-state index in [1.165, 1.54) is 6.26 Å². The van der Waals surface area contributed by atoms with Crippen LogP contribution in [0.5, 0.6) is 0 Å². The Morgan fingerprint density at radius 3 is 2.44 bits per heavy atom. The Morgan fingerprint density at radius 2 is 1.84 bits per heavy atom. The van der Waals surface area contributed by atoms with Crippen molar-refractivity contribution in [3.8, 4) is 0 Å². The van der Waals surface area contributed by atoms with Gasteiger partial charge in [0.15, 0.2) is 0 Å². The van der Waals surface area contributed by atoms with Gasteiger partial charge in [0.25, 0.3) is 0 Å². The molecule has 9 heteroatoms. The van der Waals surface area contributed by atoms with Crippen molar-refractivity contribution in [2.75, 3.05) is 32.8 Å². The predicted molar refractivity (Wildman–Crippen MR) is 85.4 cm³/mol. The number of rotatable bonds is 6. The summed E-state index contributed by atoms with van der Waals surface area (Å²) in [5.41, 5.74) is 0. The van der Waals surface area contributed by atoms with Gasteiger partial charge in [-0.2, -0.15) is 0 Å². The van der Waals surface area contributed by atoms with E-state index in [4.69, 9.17) is 9.15 Å². The number of sulfonamides is 1. The molecule has 0 aliphatic carbocycles. The molecule has 1 aromatic carbocycles. The van der Waals surface area contributed by atoms with Gasteiger partial charge in [-0.05, 0) is 24.3 Å². The van der Waals surface area contributed by atoms with Crippen molar-refractivity contribution < 1.29 is 26.4 Å². The van der Waals surface area contributed by atoms with Gasteiger partial charge in [-0.15, -0.1) is 0 Å². The Balaban J connectivity index is 1.78. The molecule has 1 aliphatic heterocycles. The summed E-state index contributed by atoms with van der Waals surface area (Å²) in [6.45, 7) is 2.34. The highest BCUT2D eigenvalue weighted by molar-refractivity contribution is 7.89. The topological polar surface area (TPSA) is 71.8 Å². The van der Waals surface area contributed by atoms with Gasteiger partial charge in [-0.25, -0.2) is 21.9 Å². The van der Waals surface area contributed by atoms with Gasteiger partial charge in [0.2, 0.25) is 10.0 Å². The summed E-state index contributed by atoms with van der Waals surface area (Å²) < 4.78 is 64.5. The fourth-order valence-corrected chi connectivity index (χ4v) is 3.81. The van der Waals surface area contributed by atoms with E-state index in [1.807, 2.05) is 4.90 Å². The number of halogens is 2. The van der Waals surface area contributed by atoms with Gasteiger partial charge < -0.3 is 9.15 Å². The second-order valence-electron chi connectivity index (χ2n) is 5.64. The first kappa shape index (κ1) is 18.0. The van der Waals surface area contributed by atoms with E-state index in [-0.39, 0.29) is 12.6 Å². The number of ether oxygens (including phenoxy) is 1. The molecule has 1 unspecified atom stereocenters. The van der Waals surface area contributed by atoms with Gasteiger partial charge in [0.05, 0.1) is 30.4 Å². The minimum absolute atomic E-state index is 0.00792. The predicted octanol–water partition coefficient (Wildman–Crippen LogP) is 1.91. The largest absolute Gasteiger partial charge is 0.468 e. The van der Waals surface area contributed by atoms with Crippen LogP contribution in [0.4, 0.5) is 8.78 Å². The number of furan rings is 1. The van der Waals surface area contributed by atoms with Crippen molar-refractivity contribution >= 4 is 10.0 Å². The molecular weight excluding hydrogens is 354 g/mol. The van der Waals surface area contributed by atoms with Crippen LogP contribution in [0.1, 0.15) is 11.8 Å². The molecule has 0 bridgehead atoms. The van der Waals surface area contributed by atoms with Crippen LogP contribution >= 0.6 is 0 Å². The van der Waals surface area contributed by atoms with Crippen LogP contribution in [-0.2, 0) is 14.8 Å². The highest BCUT2D eigenvalue weighted by Crippen LogP contribution is 2.23. The Bertz CT molecular complexity index is 785. The Kier molecular flexibility index (Phi) is 5.48. The maximum Gasteiger partial charge on any atom is 0.240 e. The van der Waals surface area contributed by atoms with Crippen LogP contribution in [0.2, 0.25) is 0 Å². The van der Waals surface area contributed by atoms with E-state index >= 15 is 0 Å². The monoisotopic (exact) mass is 372 g/mol. The van der Waals surface area contributed by atoms with E-state index in [1.54, 1.807) is 12.1 Å². The van der Waals surface area contributed by atoms with Crippen molar-refractivity contribution in [2.45, 2.75) is 10.9 Å². The second-order valence-corrected chi connectivity index (χ2v) is 7.40. The summed E-state index contributed by atoms with van der Waals surface area (Å²) in [7, 11) is -4.06. The average Bonchev–Trinajstić information content (AvgIpc) is 3.09. The van der Waals surface area contributed by atoms with Crippen LogP contribution in [-0.4, -0.2) is 46.2 Å². The fourth-order valence-electron chi connectivity index (χ4n) is 2.74. The van der Waals surface area contributed by atoms with Gasteiger partial charge in [0.1, 0.15) is 17.4 Å². The second kappa shape index (κ2) is 7.61. The van der Waals surface area contributed by atoms with E-state index in [0.29, 0.717) is 38.1 Å². The third-order valence-electron chi connectivity index (χ3n) is 3.97. The zero-order valence-electron chi connectivity index (χ0n) is 13.3. The van der Waals surface area contributed by atoms with Gasteiger partial charge in [0, 0.05) is 25.7 Å². The molecule has 25 heavy (non-hydrogen) atoms. The van der Waals surface area contributed by atoms with E-state index in [2.05, 4.69) is 4.72 Å². The lowest BCUT2D eigenvalue weighted by atomic mass is 10.2. The summed E-state index contributed by atoms with van der Waals surface area (Å²) in [6, 6.07) is 5.32. The van der Waals surface area contributed by atoms with Gasteiger partial charge in [-0.3, -0.25) is 4.90 Å². The standard InChI is InChI=1S/C16H18F2N2O4S/c17-12-8-13(18)10-14(9-12)25(21,22)19-11-15(16-2-1-5-24-16)20-3-6-23-7-4-20/h1-2,5,8-10,15,19H,3-4,6-7,11H2. The summed E-state index contributed by atoms with van der Waals surface area (Å²) in [5, 5.41) is 0. The molecule has 0 spiro atoms. The molecule has 0 amide bonds. The number of hydrogen-bond acceptors (Lipinski definition) is 5. The minimum Gasteiger partial charge on any atom is -0.468 e. The molecule has 1 fully saturated rings. The molecule has 0 saturated carbocycles. The molecule has 1 atom stereocenters. The van der Waals surface area contributed by atoms with E-state index in [9.17, 15) is 17.2 Å². The van der Waals surface area contributed by atoms with Crippen molar-refractivity contribution in [1.82, 2.24) is 9.62 Å². The highest BCUT2D eigenvalue weighted by Gasteiger charge is 2.27. The Labute approximate surface area is 144 Å². The molecule has 2 aromatic rings. The summed E-state index contributed by atoms with van der Waals surface area (Å²) in [6.07, 6.45) is 1.51. The van der Waals surface area contributed by atoms with Crippen LogP contribution in [0.3, 0.4) is 0 Å². The lowest BCUT2D eigenvalue weighted by Crippen LogP contribution is -2.43. The first-order valence-corrected chi connectivity index (χ1v) is 9.25. The smallest absolute Gasteiger partial charge is 0.240 e. The molecule has 3 rings (SSSR count).